The molecule has 0 saturated heterocycles. The molecule has 2 aromatic heterocycles. The second-order valence-electron chi connectivity index (χ2n) is 11.5. The number of nitrogens with zero attached hydrogens (tertiary/aromatic N) is 1. The van der Waals surface area contributed by atoms with Gasteiger partial charge in [-0.05, 0) is 34.9 Å². The van der Waals surface area contributed by atoms with Crippen molar-refractivity contribution in [3.05, 3.63) is 120 Å². The number of aromatic hydroxyl groups is 1. The lowest BCUT2D eigenvalue weighted by molar-refractivity contribution is -0.142. The molecule has 4 unspecified atom stereocenters. The summed E-state index contributed by atoms with van der Waals surface area (Å²) in [6, 6.07) is 17.8. The predicted octanol–water partition coefficient (Wildman–Crippen LogP) is 1.73. The number of benzene rings is 3. The third kappa shape index (κ3) is 8.85. The maximum absolute atomic E-state index is 14.0. The van der Waals surface area contributed by atoms with Gasteiger partial charge in [-0.2, -0.15) is 0 Å². The number of hydrogen-bond acceptors (Lipinski definition) is 7. The Bertz CT molecular complexity index is 1840. The molecule has 3 amide bonds. The lowest BCUT2D eigenvalue weighted by Crippen LogP contribution is -2.58. The number of amides is 3. The van der Waals surface area contributed by atoms with E-state index in [1.807, 2.05) is 30.3 Å². The number of carbonyl (C=O) groups excluding carboxylic acids is 3. The number of hydrogen-bond donors (Lipinski definition) is 8. The minimum Gasteiger partial charge on any atom is -0.508 e. The SMILES string of the molecule is NC(Cc1cnc[nH]1)C(=O)NC(Cc1c[nH]c2ccccc12)C(=O)NC(Cc1ccccc1)C(=O)NC(Cc1ccc(O)cc1)C(=O)O. The summed E-state index contributed by atoms with van der Waals surface area (Å²) in [7, 11) is 0. The van der Waals surface area contributed by atoms with Crippen LogP contribution in [0.15, 0.2) is 97.6 Å². The Balaban J connectivity index is 1.38. The predicted molar refractivity (Wildman–Crippen MR) is 178 cm³/mol. The van der Waals surface area contributed by atoms with Crippen LogP contribution in [0.3, 0.4) is 0 Å². The highest BCUT2D eigenvalue weighted by atomic mass is 16.4. The van der Waals surface area contributed by atoms with Crippen LogP contribution in [0.1, 0.15) is 22.4 Å². The Morgan fingerprint density at radius 3 is 2.00 bits per heavy atom. The van der Waals surface area contributed by atoms with Gasteiger partial charge in [0, 0.05) is 54.7 Å². The number of carboxylic acid groups (broad SMARTS) is 1. The third-order valence-electron chi connectivity index (χ3n) is 7.97. The van der Waals surface area contributed by atoms with Gasteiger partial charge in [-0.1, -0.05) is 60.7 Å². The maximum Gasteiger partial charge on any atom is 0.326 e. The van der Waals surface area contributed by atoms with Crippen LogP contribution in [0, 0.1) is 0 Å². The van der Waals surface area contributed by atoms with Crippen molar-refractivity contribution in [2.75, 3.05) is 0 Å². The van der Waals surface area contributed by atoms with Crippen LogP contribution in [0.5, 0.6) is 5.75 Å². The number of fused-ring (bicyclic) bond motifs is 1. The van der Waals surface area contributed by atoms with Crippen LogP contribution >= 0.6 is 0 Å². The van der Waals surface area contributed by atoms with Gasteiger partial charge in [0.05, 0.1) is 12.4 Å². The summed E-state index contributed by atoms with van der Waals surface area (Å²) in [5.74, 6) is -3.18. The number of phenols is 1. The summed E-state index contributed by atoms with van der Waals surface area (Å²) in [6.45, 7) is 0. The summed E-state index contributed by atoms with van der Waals surface area (Å²) >= 11 is 0. The molecule has 0 aliphatic carbocycles. The molecule has 5 aromatic rings. The molecule has 2 heterocycles. The first-order chi connectivity index (χ1) is 23.2. The zero-order valence-electron chi connectivity index (χ0n) is 25.9. The Morgan fingerprint density at radius 2 is 1.31 bits per heavy atom. The number of H-pyrrole nitrogens is 2. The second-order valence-corrected chi connectivity index (χ2v) is 11.5. The summed E-state index contributed by atoms with van der Waals surface area (Å²) in [6.07, 6.45) is 5.03. The number of aromatic amines is 2. The number of carboxylic acids is 1. The number of aromatic nitrogens is 3. The fourth-order valence-corrected chi connectivity index (χ4v) is 5.41. The molecule has 0 aliphatic rings. The quantitative estimate of drug-likeness (QED) is 0.0832. The van der Waals surface area contributed by atoms with E-state index in [4.69, 9.17) is 5.73 Å². The van der Waals surface area contributed by atoms with Gasteiger partial charge in [-0.15, -0.1) is 0 Å². The largest absolute Gasteiger partial charge is 0.508 e. The van der Waals surface area contributed by atoms with E-state index in [1.165, 1.54) is 18.5 Å². The van der Waals surface area contributed by atoms with Crippen LogP contribution in [-0.4, -0.2) is 73.0 Å². The fraction of sp³-hybridized carbons (Fsp3) is 0.229. The van der Waals surface area contributed by atoms with Crippen molar-refractivity contribution in [2.24, 2.45) is 5.73 Å². The lowest BCUT2D eigenvalue weighted by atomic mass is 10.0. The van der Waals surface area contributed by atoms with E-state index in [9.17, 15) is 29.4 Å². The smallest absolute Gasteiger partial charge is 0.326 e. The molecule has 48 heavy (non-hydrogen) atoms. The van der Waals surface area contributed by atoms with Crippen LogP contribution in [0.25, 0.3) is 10.9 Å². The Hall–Kier alpha value is -5.95. The zero-order chi connectivity index (χ0) is 34.0. The summed E-state index contributed by atoms with van der Waals surface area (Å²) < 4.78 is 0. The number of rotatable bonds is 15. The minimum absolute atomic E-state index is 0.0249. The molecule has 0 bridgehead atoms. The molecule has 5 rings (SSSR count). The molecule has 0 aliphatic heterocycles. The molecule has 13 nitrogen and oxygen atoms in total. The molecule has 0 saturated carbocycles. The Kier molecular flexibility index (Phi) is 10.8. The molecule has 0 fully saturated rings. The van der Waals surface area contributed by atoms with Gasteiger partial charge in [0.25, 0.3) is 0 Å². The van der Waals surface area contributed by atoms with Crippen molar-refractivity contribution in [3.63, 3.8) is 0 Å². The first-order valence-corrected chi connectivity index (χ1v) is 15.4. The standard InChI is InChI=1S/C35H37N7O6/c36-27(17-24-19-37-20-39-24)32(44)40-30(16-23-18-38-28-9-5-4-8-26(23)28)34(46)41-29(14-21-6-2-1-3-7-21)33(45)42-31(35(47)48)15-22-10-12-25(43)13-11-22/h1-13,18-20,27,29-31,38,43H,14-17,36H2,(H,37,39)(H,40,44)(H,41,46)(H,42,45)(H,47,48). The molecule has 4 atom stereocenters. The van der Waals surface area contributed by atoms with E-state index in [2.05, 4.69) is 30.9 Å². The normalized spacial score (nSPS) is 13.6. The van der Waals surface area contributed by atoms with Crippen molar-refractivity contribution < 1.29 is 29.4 Å². The van der Waals surface area contributed by atoms with E-state index < -0.39 is 47.9 Å². The number of aliphatic carboxylic acids is 1. The van der Waals surface area contributed by atoms with Gasteiger partial charge in [0.2, 0.25) is 17.7 Å². The molecule has 0 radical (unpaired) electrons. The first kappa shape index (κ1) is 33.4. The lowest BCUT2D eigenvalue weighted by Gasteiger charge is -2.25. The van der Waals surface area contributed by atoms with Crippen LogP contribution in [0.4, 0.5) is 0 Å². The average molecular weight is 652 g/mol. The maximum atomic E-state index is 14.0. The van der Waals surface area contributed by atoms with Gasteiger partial charge < -0.3 is 41.9 Å². The highest BCUT2D eigenvalue weighted by Crippen LogP contribution is 2.20. The summed E-state index contributed by atoms with van der Waals surface area (Å²) in [5.41, 5.74) is 9.76. The number of phenolic OH excluding ortho intramolecular Hbond substituents is 1. The highest BCUT2D eigenvalue weighted by molar-refractivity contribution is 5.95. The molecule has 3 aromatic carbocycles. The van der Waals surface area contributed by atoms with Crippen molar-refractivity contribution in [1.29, 1.82) is 0 Å². The van der Waals surface area contributed by atoms with E-state index in [0.29, 0.717) is 11.3 Å². The number of para-hydroxylation sites is 1. The zero-order valence-corrected chi connectivity index (χ0v) is 25.9. The van der Waals surface area contributed by atoms with E-state index >= 15 is 0 Å². The summed E-state index contributed by atoms with van der Waals surface area (Å²) in [5, 5.41) is 28.5. The highest BCUT2D eigenvalue weighted by Gasteiger charge is 2.31. The first-order valence-electron chi connectivity index (χ1n) is 15.4. The van der Waals surface area contributed by atoms with Gasteiger partial charge in [-0.25, -0.2) is 9.78 Å². The van der Waals surface area contributed by atoms with E-state index in [-0.39, 0.29) is 31.4 Å². The monoisotopic (exact) mass is 651 g/mol. The second kappa shape index (κ2) is 15.6. The third-order valence-corrected chi connectivity index (χ3v) is 7.97. The molecular weight excluding hydrogens is 614 g/mol. The average Bonchev–Trinajstić information content (AvgIpc) is 3.75. The van der Waals surface area contributed by atoms with E-state index in [0.717, 1.165) is 22.0 Å². The van der Waals surface area contributed by atoms with Crippen LogP contribution in [0.2, 0.25) is 0 Å². The minimum atomic E-state index is -1.32. The topological polar surface area (TPSA) is 215 Å². The molecule has 13 heteroatoms. The van der Waals surface area contributed by atoms with Crippen molar-refractivity contribution >= 4 is 34.6 Å². The Labute approximate surface area is 276 Å². The van der Waals surface area contributed by atoms with Crippen molar-refractivity contribution in [2.45, 2.75) is 49.9 Å². The number of carbonyl (C=O) groups is 4. The Morgan fingerprint density at radius 1 is 0.708 bits per heavy atom. The van der Waals surface area contributed by atoms with Gasteiger partial charge >= 0.3 is 5.97 Å². The number of imidazole rings is 1. The van der Waals surface area contributed by atoms with Crippen LogP contribution in [-0.2, 0) is 44.9 Å². The van der Waals surface area contributed by atoms with Crippen molar-refractivity contribution in [1.82, 2.24) is 30.9 Å². The van der Waals surface area contributed by atoms with Gasteiger partial charge in [0.15, 0.2) is 0 Å². The van der Waals surface area contributed by atoms with Gasteiger partial charge in [0.1, 0.15) is 23.9 Å². The molecular formula is C35H37N7O6. The van der Waals surface area contributed by atoms with Crippen molar-refractivity contribution in [3.8, 4) is 5.75 Å². The van der Waals surface area contributed by atoms with Gasteiger partial charge in [-0.3, -0.25) is 14.4 Å². The number of nitrogens with one attached hydrogen (secondary N) is 5. The number of nitrogens with two attached hydrogens (primary N) is 1. The fourth-order valence-electron chi connectivity index (χ4n) is 5.41. The molecule has 9 N–H and O–H groups in total. The molecule has 248 valence electrons. The van der Waals surface area contributed by atoms with E-state index in [1.54, 1.807) is 48.8 Å². The van der Waals surface area contributed by atoms with Crippen LogP contribution < -0.4 is 21.7 Å². The molecule has 0 spiro atoms. The summed E-state index contributed by atoms with van der Waals surface area (Å²) in [4.78, 5) is 63.2.